The van der Waals surface area contributed by atoms with Gasteiger partial charge >= 0.3 is 5.97 Å². The smallest absolute Gasteiger partial charge is 0.337 e. The van der Waals surface area contributed by atoms with Crippen LogP contribution >= 0.6 is 12.4 Å². The first-order valence-corrected chi connectivity index (χ1v) is 8.81. The number of carbonyl (C=O) groups excluding carboxylic acids is 1. The van der Waals surface area contributed by atoms with Gasteiger partial charge in [0.15, 0.2) is 0 Å². The van der Waals surface area contributed by atoms with E-state index < -0.39 is 16.0 Å². The van der Waals surface area contributed by atoms with Crippen molar-refractivity contribution in [2.45, 2.75) is 29.9 Å². The van der Waals surface area contributed by atoms with Crippen LogP contribution in [0.2, 0.25) is 0 Å². The maximum absolute atomic E-state index is 12.8. The van der Waals surface area contributed by atoms with Crippen molar-refractivity contribution in [3.8, 4) is 0 Å². The van der Waals surface area contributed by atoms with Gasteiger partial charge in [0, 0.05) is 26.2 Å². The molecule has 1 aromatic rings. The molecule has 1 heterocycles. The summed E-state index contributed by atoms with van der Waals surface area (Å²) in [6, 6.07) is 5.42. The lowest BCUT2D eigenvalue weighted by Gasteiger charge is -2.37. The van der Waals surface area contributed by atoms with Gasteiger partial charge in [-0.05, 0) is 37.1 Å². The van der Waals surface area contributed by atoms with Gasteiger partial charge in [-0.15, -0.1) is 12.4 Å². The number of piperidine rings is 1. The molecule has 0 saturated carbocycles. The van der Waals surface area contributed by atoms with E-state index >= 15 is 0 Å². The first-order chi connectivity index (χ1) is 10.9. The van der Waals surface area contributed by atoms with Crippen LogP contribution in [-0.2, 0) is 19.5 Å². The Morgan fingerprint density at radius 3 is 2.42 bits per heavy atom. The van der Waals surface area contributed by atoms with Gasteiger partial charge in [0.05, 0.1) is 23.7 Å². The summed E-state index contributed by atoms with van der Waals surface area (Å²) in [5.74, 6) is -0.505. The van der Waals surface area contributed by atoms with Gasteiger partial charge in [-0.2, -0.15) is 4.31 Å². The molecular weight excluding hydrogens is 356 g/mol. The molecule has 2 atom stereocenters. The molecular formula is C15H23ClN2O5S. The number of carbonyl (C=O) groups is 1. The molecule has 2 N–H and O–H groups in total. The molecule has 0 radical (unpaired) electrons. The molecule has 1 aliphatic heterocycles. The largest absolute Gasteiger partial charge is 0.465 e. The van der Waals surface area contributed by atoms with Gasteiger partial charge < -0.3 is 15.2 Å². The molecule has 24 heavy (non-hydrogen) atoms. The summed E-state index contributed by atoms with van der Waals surface area (Å²) in [7, 11) is -0.763. The van der Waals surface area contributed by atoms with E-state index in [1.165, 1.54) is 35.7 Å². The second kappa shape index (κ2) is 8.77. The number of halogens is 1. The van der Waals surface area contributed by atoms with Crippen LogP contribution < -0.4 is 5.73 Å². The number of rotatable bonds is 5. The maximum Gasteiger partial charge on any atom is 0.337 e. The predicted molar refractivity (Wildman–Crippen MR) is 91.8 cm³/mol. The number of ether oxygens (including phenoxy) is 2. The third-order valence-corrected chi connectivity index (χ3v) is 6.07. The lowest BCUT2D eigenvalue weighted by molar-refractivity contribution is 0.0401. The second-order valence-corrected chi connectivity index (χ2v) is 7.29. The molecule has 0 aliphatic carbocycles. The molecule has 1 aromatic carbocycles. The average molecular weight is 379 g/mol. The Labute approximate surface area is 148 Å². The third kappa shape index (κ3) is 4.25. The van der Waals surface area contributed by atoms with Gasteiger partial charge in [-0.3, -0.25) is 0 Å². The highest BCUT2D eigenvalue weighted by atomic mass is 35.5. The van der Waals surface area contributed by atoms with E-state index in [-0.39, 0.29) is 36.0 Å². The number of esters is 1. The van der Waals surface area contributed by atoms with E-state index in [1.807, 2.05) is 0 Å². The van der Waals surface area contributed by atoms with Crippen LogP contribution in [0.3, 0.4) is 0 Å². The van der Waals surface area contributed by atoms with Crippen LogP contribution in [0.15, 0.2) is 29.2 Å². The highest BCUT2D eigenvalue weighted by molar-refractivity contribution is 7.89. The lowest BCUT2D eigenvalue weighted by atomic mass is 10.0. The summed E-state index contributed by atoms with van der Waals surface area (Å²) in [5, 5.41) is 0. The van der Waals surface area contributed by atoms with E-state index in [9.17, 15) is 13.2 Å². The molecule has 1 aliphatic rings. The van der Waals surface area contributed by atoms with Crippen LogP contribution in [0.1, 0.15) is 23.2 Å². The van der Waals surface area contributed by atoms with E-state index in [4.69, 9.17) is 10.5 Å². The fraction of sp³-hybridized carbons (Fsp3) is 0.533. The van der Waals surface area contributed by atoms with Crippen molar-refractivity contribution in [3.05, 3.63) is 29.8 Å². The highest BCUT2D eigenvalue weighted by Gasteiger charge is 2.36. The summed E-state index contributed by atoms with van der Waals surface area (Å²) in [6.07, 6.45) is 1.23. The van der Waals surface area contributed by atoms with Crippen LogP contribution in [0.4, 0.5) is 0 Å². The normalized spacial score (nSPS) is 21.8. The molecule has 2 unspecified atom stereocenters. The van der Waals surface area contributed by atoms with Crippen molar-refractivity contribution < 1.29 is 22.7 Å². The Bertz CT molecular complexity index is 650. The Kier molecular flexibility index (Phi) is 7.62. The monoisotopic (exact) mass is 378 g/mol. The van der Waals surface area contributed by atoms with Gasteiger partial charge in [-0.1, -0.05) is 0 Å². The summed E-state index contributed by atoms with van der Waals surface area (Å²) in [4.78, 5) is 11.6. The van der Waals surface area contributed by atoms with Crippen molar-refractivity contribution in [3.63, 3.8) is 0 Å². The number of hydrogen-bond acceptors (Lipinski definition) is 6. The molecule has 7 nitrogen and oxygen atoms in total. The molecule has 0 bridgehead atoms. The summed E-state index contributed by atoms with van der Waals surface area (Å²) >= 11 is 0. The van der Waals surface area contributed by atoms with Crippen LogP contribution in [0.5, 0.6) is 0 Å². The van der Waals surface area contributed by atoms with E-state index in [0.29, 0.717) is 24.9 Å². The zero-order valence-electron chi connectivity index (χ0n) is 13.7. The van der Waals surface area contributed by atoms with Crippen molar-refractivity contribution >= 4 is 28.4 Å². The van der Waals surface area contributed by atoms with Crippen molar-refractivity contribution in [1.82, 2.24) is 4.31 Å². The standard InChI is InChI=1S/C15H22N2O5S.ClH/c1-21-13-7-8-17(12(9-13)10-16)23(19,20)14-5-3-11(4-6-14)15(18)22-2;/h3-6,12-13H,7-10,16H2,1-2H3;1H. The molecule has 0 aromatic heterocycles. The lowest BCUT2D eigenvalue weighted by Crippen LogP contribution is -2.51. The van der Waals surface area contributed by atoms with Crippen molar-refractivity contribution in [1.29, 1.82) is 0 Å². The van der Waals surface area contributed by atoms with Gasteiger partial charge in [0.25, 0.3) is 0 Å². The topological polar surface area (TPSA) is 98.9 Å². The Balaban J connectivity index is 0.00000288. The zero-order valence-corrected chi connectivity index (χ0v) is 15.3. The number of benzene rings is 1. The van der Waals surface area contributed by atoms with E-state index in [1.54, 1.807) is 7.11 Å². The molecule has 9 heteroatoms. The number of sulfonamides is 1. The first-order valence-electron chi connectivity index (χ1n) is 7.37. The number of nitrogens with zero attached hydrogens (tertiary/aromatic N) is 1. The SMILES string of the molecule is COC(=O)c1ccc(S(=O)(=O)N2CCC(OC)CC2CN)cc1.Cl. The molecule has 0 spiro atoms. The predicted octanol–water partition coefficient (Wildman–Crippen LogP) is 1.02. The second-order valence-electron chi connectivity index (χ2n) is 5.40. The minimum absolute atomic E-state index is 0. The average Bonchev–Trinajstić information content (AvgIpc) is 2.60. The Hall–Kier alpha value is -1.19. The van der Waals surface area contributed by atoms with E-state index in [0.717, 1.165) is 0 Å². The number of methoxy groups -OCH3 is 2. The molecule has 0 amide bonds. The number of hydrogen-bond donors (Lipinski definition) is 1. The molecule has 136 valence electrons. The summed E-state index contributed by atoms with van der Waals surface area (Å²) < 4.78 is 37.0. The van der Waals surface area contributed by atoms with Crippen LogP contribution in [0, 0.1) is 0 Å². The third-order valence-electron chi connectivity index (χ3n) is 4.10. The highest BCUT2D eigenvalue weighted by Crippen LogP contribution is 2.26. The Morgan fingerprint density at radius 1 is 1.29 bits per heavy atom. The number of nitrogens with two attached hydrogens (primary N) is 1. The van der Waals surface area contributed by atoms with Gasteiger partial charge in [0.2, 0.25) is 10.0 Å². The van der Waals surface area contributed by atoms with Crippen LogP contribution in [0.25, 0.3) is 0 Å². The van der Waals surface area contributed by atoms with Crippen molar-refractivity contribution in [2.24, 2.45) is 5.73 Å². The minimum atomic E-state index is -3.66. The quantitative estimate of drug-likeness (QED) is 0.768. The Morgan fingerprint density at radius 2 is 1.92 bits per heavy atom. The van der Waals surface area contributed by atoms with Gasteiger partial charge in [-0.25, -0.2) is 13.2 Å². The van der Waals surface area contributed by atoms with Crippen molar-refractivity contribution in [2.75, 3.05) is 27.3 Å². The summed E-state index contributed by atoms with van der Waals surface area (Å²) in [6.45, 7) is 0.598. The summed E-state index contributed by atoms with van der Waals surface area (Å²) in [5.41, 5.74) is 6.05. The molecule has 1 saturated heterocycles. The minimum Gasteiger partial charge on any atom is -0.465 e. The molecule has 2 rings (SSSR count). The van der Waals surface area contributed by atoms with E-state index in [2.05, 4.69) is 4.74 Å². The van der Waals surface area contributed by atoms with Crippen LogP contribution in [-0.4, -0.2) is 58.1 Å². The first kappa shape index (κ1) is 20.9. The fourth-order valence-corrected chi connectivity index (χ4v) is 4.41. The molecule has 1 fully saturated rings. The van der Waals surface area contributed by atoms with Gasteiger partial charge in [0.1, 0.15) is 0 Å². The fourth-order valence-electron chi connectivity index (χ4n) is 2.75. The zero-order chi connectivity index (χ0) is 17.0. The maximum atomic E-state index is 12.8.